The number of anilines is 1. The molecule has 0 aliphatic heterocycles. The van der Waals surface area contributed by atoms with E-state index in [2.05, 4.69) is 15.3 Å². The Balaban J connectivity index is 1.52. The molecule has 27 heavy (non-hydrogen) atoms. The van der Waals surface area contributed by atoms with Crippen LogP contribution in [0.5, 0.6) is 0 Å². The zero-order valence-corrected chi connectivity index (χ0v) is 15.1. The number of aromatic nitrogens is 2. The molecule has 0 saturated carbocycles. The van der Waals surface area contributed by atoms with E-state index in [0.717, 1.165) is 28.0 Å². The minimum Gasteiger partial charge on any atom is -0.338 e. The molecule has 1 heterocycles. The number of rotatable bonds is 4. The maximum absolute atomic E-state index is 12.2. The van der Waals surface area contributed by atoms with Crippen LogP contribution in [0.2, 0.25) is 5.02 Å². The quantitative estimate of drug-likeness (QED) is 0.462. The Hall–Kier alpha value is -3.37. The normalized spacial score (nSPS) is 11.1. The van der Waals surface area contributed by atoms with Gasteiger partial charge in [0.1, 0.15) is 5.82 Å². The van der Waals surface area contributed by atoms with E-state index in [0.29, 0.717) is 10.7 Å². The molecule has 0 saturated heterocycles. The van der Waals surface area contributed by atoms with Crippen molar-refractivity contribution < 1.29 is 4.79 Å². The van der Waals surface area contributed by atoms with E-state index in [1.54, 1.807) is 12.1 Å². The Morgan fingerprint density at radius 2 is 1.81 bits per heavy atom. The van der Waals surface area contributed by atoms with Crippen LogP contribution in [0, 0.1) is 0 Å². The summed E-state index contributed by atoms with van der Waals surface area (Å²) in [5.41, 5.74) is 4.28. The van der Waals surface area contributed by atoms with E-state index >= 15 is 0 Å². The lowest BCUT2D eigenvalue weighted by Gasteiger charge is -2.04. The summed E-state index contributed by atoms with van der Waals surface area (Å²) in [4.78, 5) is 20.1. The zero-order valence-electron chi connectivity index (χ0n) is 14.3. The summed E-state index contributed by atoms with van der Waals surface area (Å²) in [5.74, 6) is 0.538. The minimum absolute atomic E-state index is 0.225. The predicted octanol–water partition coefficient (Wildman–Crippen LogP) is 5.54. The Bertz CT molecular complexity index is 1110. The van der Waals surface area contributed by atoms with Crippen molar-refractivity contribution >= 4 is 40.3 Å². The van der Waals surface area contributed by atoms with E-state index in [9.17, 15) is 4.79 Å². The summed E-state index contributed by atoms with van der Waals surface area (Å²) in [6.07, 6.45) is 3.16. The molecule has 1 aromatic heterocycles. The topological polar surface area (TPSA) is 57.8 Å². The van der Waals surface area contributed by atoms with Crippen LogP contribution in [0.15, 0.2) is 78.9 Å². The number of carbonyl (C=O) groups is 1. The first kappa shape index (κ1) is 17.1. The number of para-hydroxylation sites is 2. The smallest absolute Gasteiger partial charge is 0.248 e. The SMILES string of the molecule is O=C(/C=C/c1ccccc1Cl)Nc1cccc(-c2nc3ccccc3[nH]2)c1. The van der Waals surface area contributed by atoms with Crippen molar-refractivity contribution in [2.45, 2.75) is 0 Å². The second-order valence-electron chi connectivity index (χ2n) is 6.03. The van der Waals surface area contributed by atoms with Crippen molar-refractivity contribution in [2.24, 2.45) is 0 Å². The first-order chi connectivity index (χ1) is 13.2. The second-order valence-corrected chi connectivity index (χ2v) is 6.43. The second kappa shape index (κ2) is 7.48. The average Bonchev–Trinajstić information content (AvgIpc) is 3.12. The van der Waals surface area contributed by atoms with Gasteiger partial charge in [0.15, 0.2) is 0 Å². The lowest BCUT2D eigenvalue weighted by Crippen LogP contribution is -2.07. The predicted molar refractivity (Wildman–Crippen MR) is 111 cm³/mol. The molecule has 0 radical (unpaired) electrons. The van der Waals surface area contributed by atoms with Gasteiger partial charge in [-0.2, -0.15) is 0 Å². The third-order valence-electron chi connectivity index (χ3n) is 4.11. The number of hydrogen-bond donors (Lipinski definition) is 2. The number of H-pyrrole nitrogens is 1. The summed E-state index contributed by atoms with van der Waals surface area (Å²) < 4.78 is 0. The highest BCUT2D eigenvalue weighted by atomic mass is 35.5. The number of amides is 1. The van der Waals surface area contributed by atoms with Gasteiger partial charge in [-0.15, -0.1) is 0 Å². The lowest BCUT2D eigenvalue weighted by molar-refractivity contribution is -0.111. The highest BCUT2D eigenvalue weighted by Crippen LogP contribution is 2.23. The fraction of sp³-hybridized carbons (Fsp3) is 0. The van der Waals surface area contributed by atoms with Crippen LogP contribution in [0.25, 0.3) is 28.5 Å². The Morgan fingerprint density at radius 3 is 2.67 bits per heavy atom. The standard InChI is InChI=1S/C22H16ClN3O/c23-18-9-2-1-6-15(18)12-13-21(27)24-17-8-5-7-16(14-17)22-25-19-10-3-4-11-20(19)26-22/h1-14H,(H,24,27)(H,25,26)/b13-12+. The molecule has 0 bridgehead atoms. The number of fused-ring (bicyclic) bond motifs is 1. The molecule has 1 amide bonds. The molecule has 3 aromatic carbocycles. The number of benzene rings is 3. The largest absolute Gasteiger partial charge is 0.338 e. The molecule has 132 valence electrons. The molecule has 4 rings (SSSR count). The number of aromatic amines is 1. The molecule has 0 atom stereocenters. The van der Waals surface area contributed by atoms with Crippen LogP contribution in [0.1, 0.15) is 5.56 Å². The Kier molecular flexibility index (Phi) is 4.73. The molecule has 0 aliphatic rings. The van der Waals surface area contributed by atoms with Crippen molar-refractivity contribution in [2.75, 3.05) is 5.32 Å². The maximum atomic E-state index is 12.2. The molecule has 2 N–H and O–H groups in total. The summed E-state index contributed by atoms with van der Waals surface area (Å²) in [6, 6.07) is 22.8. The molecule has 4 aromatic rings. The van der Waals surface area contributed by atoms with Crippen molar-refractivity contribution in [3.63, 3.8) is 0 Å². The Labute approximate surface area is 161 Å². The van der Waals surface area contributed by atoms with Crippen molar-refractivity contribution in [1.29, 1.82) is 0 Å². The highest BCUT2D eigenvalue weighted by molar-refractivity contribution is 6.32. The number of hydrogen-bond acceptors (Lipinski definition) is 2. The fourth-order valence-corrected chi connectivity index (χ4v) is 2.99. The zero-order chi connectivity index (χ0) is 18.6. The summed E-state index contributed by atoms with van der Waals surface area (Å²) in [5, 5.41) is 3.47. The first-order valence-electron chi connectivity index (χ1n) is 8.48. The number of carbonyl (C=O) groups excluding carboxylic acids is 1. The van der Waals surface area contributed by atoms with Gasteiger partial charge in [-0.25, -0.2) is 4.98 Å². The molecule has 4 nitrogen and oxygen atoms in total. The molecule has 5 heteroatoms. The lowest BCUT2D eigenvalue weighted by atomic mass is 10.2. The van der Waals surface area contributed by atoms with E-state index in [4.69, 9.17) is 11.6 Å². The van der Waals surface area contributed by atoms with Crippen molar-refractivity contribution in [1.82, 2.24) is 9.97 Å². The van der Waals surface area contributed by atoms with Crippen molar-refractivity contribution in [3.05, 3.63) is 89.5 Å². The van der Waals surface area contributed by atoms with E-state index in [1.807, 2.05) is 66.7 Å². The number of nitrogens with one attached hydrogen (secondary N) is 2. The third kappa shape index (κ3) is 3.91. The first-order valence-corrected chi connectivity index (χ1v) is 8.86. The van der Waals surface area contributed by atoms with Crippen LogP contribution in [0.3, 0.4) is 0 Å². The number of halogens is 1. The number of imidazole rings is 1. The van der Waals surface area contributed by atoms with Crippen LogP contribution >= 0.6 is 11.6 Å². The van der Waals surface area contributed by atoms with Crippen LogP contribution in [-0.4, -0.2) is 15.9 Å². The monoisotopic (exact) mass is 373 g/mol. The van der Waals surface area contributed by atoms with Gasteiger partial charge in [0.2, 0.25) is 5.91 Å². The van der Waals surface area contributed by atoms with Crippen LogP contribution in [-0.2, 0) is 4.79 Å². The van der Waals surface area contributed by atoms with E-state index in [1.165, 1.54) is 6.08 Å². The molecule has 0 fully saturated rings. The minimum atomic E-state index is -0.225. The molecule has 0 aliphatic carbocycles. The number of nitrogens with zero attached hydrogens (tertiary/aromatic N) is 1. The van der Waals surface area contributed by atoms with Crippen molar-refractivity contribution in [3.8, 4) is 11.4 Å². The van der Waals surface area contributed by atoms with Gasteiger partial charge in [-0.05, 0) is 42.0 Å². The van der Waals surface area contributed by atoms with E-state index < -0.39 is 0 Å². The van der Waals surface area contributed by atoms with Gasteiger partial charge in [-0.1, -0.05) is 54.1 Å². The summed E-state index contributed by atoms with van der Waals surface area (Å²) in [7, 11) is 0. The van der Waals surface area contributed by atoms with Gasteiger partial charge in [0.05, 0.1) is 11.0 Å². The Morgan fingerprint density at radius 1 is 1.00 bits per heavy atom. The van der Waals surface area contributed by atoms with Crippen LogP contribution in [0.4, 0.5) is 5.69 Å². The van der Waals surface area contributed by atoms with Gasteiger partial charge in [-0.3, -0.25) is 4.79 Å². The van der Waals surface area contributed by atoms with Crippen LogP contribution < -0.4 is 5.32 Å². The van der Waals surface area contributed by atoms with Gasteiger partial charge < -0.3 is 10.3 Å². The highest BCUT2D eigenvalue weighted by Gasteiger charge is 2.06. The maximum Gasteiger partial charge on any atom is 0.248 e. The molecular weight excluding hydrogens is 358 g/mol. The van der Waals surface area contributed by atoms with Gasteiger partial charge >= 0.3 is 0 Å². The molecule has 0 spiro atoms. The van der Waals surface area contributed by atoms with Gasteiger partial charge in [0.25, 0.3) is 0 Å². The van der Waals surface area contributed by atoms with Gasteiger partial charge in [0, 0.05) is 22.3 Å². The molecule has 0 unspecified atom stereocenters. The molecular formula is C22H16ClN3O. The average molecular weight is 374 g/mol. The van der Waals surface area contributed by atoms with E-state index in [-0.39, 0.29) is 5.91 Å². The summed E-state index contributed by atoms with van der Waals surface area (Å²) in [6.45, 7) is 0. The fourth-order valence-electron chi connectivity index (χ4n) is 2.79. The summed E-state index contributed by atoms with van der Waals surface area (Å²) >= 11 is 6.10. The third-order valence-corrected chi connectivity index (χ3v) is 4.46.